The van der Waals surface area contributed by atoms with Crippen molar-refractivity contribution in [1.82, 2.24) is 9.97 Å². The maximum absolute atomic E-state index is 13.5. The summed E-state index contributed by atoms with van der Waals surface area (Å²) in [6.07, 6.45) is 0. The highest BCUT2D eigenvalue weighted by Crippen LogP contribution is 2.29. The lowest BCUT2D eigenvalue weighted by Gasteiger charge is -2.00. The first-order valence-corrected chi connectivity index (χ1v) is 6.14. The lowest BCUT2D eigenvalue weighted by atomic mass is 10.2. The number of aromatic nitrogens is 2. The van der Waals surface area contributed by atoms with Crippen molar-refractivity contribution in [3.8, 4) is 11.4 Å². The Labute approximate surface area is 114 Å². The van der Waals surface area contributed by atoms with Gasteiger partial charge in [0, 0.05) is 16.1 Å². The summed E-state index contributed by atoms with van der Waals surface area (Å²) in [6.45, 7) is 0. The second-order valence-corrected chi connectivity index (χ2v) is 4.85. The molecule has 2 nitrogen and oxygen atoms in total. The van der Waals surface area contributed by atoms with Crippen molar-refractivity contribution in [1.29, 1.82) is 0 Å². The fourth-order valence-electron chi connectivity index (χ4n) is 1.85. The molecule has 19 heavy (non-hydrogen) atoms. The van der Waals surface area contributed by atoms with Gasteiger partial charge in [-0.2, -0.15) is 0 Å². The van der Waals surface area contributed by atoms with Crippen LogP contribution in [0.4, 0.5) is 13.2 Å². The quantitative estimate of drug-likeness (QED) is 0.705. The van der Waals surface area contributed by atoms with Gasteiger partial charge in [-0.3, -0.25) is 0 Å². The first-order valence-electron chi connectivity index (χ1n) is 5.35. The minimum Gasteiger partial charge on any atom is -0.338 e. The molecule has 0 radical (unpaired) electrons. The van der Waals surface area contributed by atoms with Crippen LogP contribution in [0.15, 0.2) is 34.8 Å². The number of halogens is 4. The van der Waals surface area contributed by atoms with Crippen LogP contribution in [-0.2, 0) is 0 Å². The van der Waals surface area contributed by atoms with E-state index in [0.717, 1.165) is 12.1 Å². The number of fused-ring (bicyclic) bond motifs is 1. The Bertz CT molecular complexity index is 783. The Morgan fingerprint density at radius 2 is 1.79 bits per heavy atom. The minimum atomic E-state index is -0.740. The minimum absolute atomic E-state index is 0.0487. The Morgan fingerprint density at radius 1 is 1.00 bits per heavy atom. The molecule has 0 amide bonds. The zero-order valence-electron chi connectivity index (χ0n) is 9.35. The number of imidazole rings is 1. The van der Waals surface area contributed by atoms with Crippen LogP contribution in [-0.4, -0.2) is 9.97 Å². The fraction of sp³-hybridized carbons (Fsp3) is 0. The molecule has 0 bridgehead atoms. The highest BCUT2D eigenvalue weighted by Gasteiger charge is 2.13. The summed E-state index contributed by atoms with van der Waals surface area (Å²) in [7, 11) is 0. The molecule has 0 saturated carbocycles. The third-order valence-corrected chi connectivity index (χ3v) is 3.35. The second kappa shape index (κ2) is 4.38. The van der Waals surface area contributed by atoms with E-state index in [2.05, 4.69) is 25.9 Å². The first kappa shape index (κ1) is 12.2. The van der Waals surface area contributed by atoms with Crippen molar-refractivity contribution in [3.63, 3.8) is 0 Å². The molecule has 0 unspecified atom stereocenters. The SMILES string of the molecule is Fc1ccc(-c2nc3c(F)cc(F)cc3[nH]2)c(Br)c1. The topological polar surface area (TPSA) is 28.7 Å². The summed E-state index contributed by atoms with van der Waals surface area (Å²) in [5, 5.41) is 0. The summed E-state index contributed by atoms with van der Waals surface area (Å²) >= 11 is 3.21. The Kier molecular flexibility index (Phi) is 2.82. The summed E-state index contributed by atoms with van der Waals surface area (Å²) < 4.78 is 40.1. The normalized spacial score (nSPS) is 11.2. The summed E-state index contributed by atoms with van der Waals surface area (Å²) in [5.41, 5.74) is 0.869. The molecule has 3 rings (SSSR count). The summed E-state index contributed by atoms with van der Waals surface area (Å²) in [6, 6.07) is 5.98. The third kappa shape index (κ3) is 2.12. The number of H-pyrrole nitrogens is 1. The number of rotatable bonds is 1. The average molecular weight is 327 g/mol. The van der Waals surface area contributed by atoms with Crippen molar-refractivity contribution >= 4 is 27.0 Å². The fourth-order valence-corrected chi connectivity index (χ4v) is 2.39. The monoisotopic (exact) mass is 326 g/mol. The van der Waals surface area contributed by atoms with Crippen molar-refractivity contribution in [2.24, 2.45) is 0 Å². The van der Waals surface area contributed by atoms with Crippen LogP contribution in [0.2, 0.25) is 0 Å². The van der Waals surface area contributed by atoms with Gasteiger partial charge >= 0.3 is 0 Å². The molecule has 0 aliphatic heterocycles. The predicted octanol–water partition coefficient (Wildman–Crippen LogP) is 4.41. The Morgan fingerprint density at radius 3 is 2.53 bits per heavy atom. The molecule has 3 aromatic rings. The summed E-state index contributed by atoms with van der Waals surface area (Å²) in [4.78, 5) is 6.87. The van der Waals surface area contributed by atoms with Gasteiger partial charge in [-0.25, -0.2) is 18.2 Å². The number of benzene rings is 2. The molecule has 0 aliphatic carbocycles. The zero-order chi connectivity index (χ0) is 13.6. The van der Waals surface area contributed by atoms with E-state index in [0.29, 0.717) is 15.9 Å². The van der Waals surface area contributed by atoms with Crippen molar-refractivity contribution in [2.75, 3.05) is 0 Å². The van der Waals surface area contributed by atoms with Gasteiger partial charge in [0.2, 0.25) is 0 Å². The van der Waals surface area contributed by atoms with Gasteiger partial charge in [-0.05, 0) is 40.2 Å². The molecule has 96 valence electrons. The van der Waals surface area contributed by atoms with E-state index in [-0.39, 0.29) is 11.0 Å². The van der Waals surface area contributed by atoms with Gasteiger partial charge in [0.25, 0.3) is 0 Å². The molecular weight excluding hydrogens is 321 g/mol. The highest BCUT2D eigenvalue weighted by atomic mass is 79.9. The van der Waals surface area contributed by atoms with Crippen molar-refractivity contribution < 1.29 is 13.2 Å². The highest BCUT2D eigenvalue weighted by molar-refractivity contribution is 9.10. The van der Waals surface area contributed by atoms with Crippen LogP contribution in [0.5, 0.6) is 0 Å². The van der Waals surface area contributed by atoms with Gasteiger partial charge in [-0.1, -0.05) is 0 Å². The summed E-state index contributed by atoms with van der Waals surface area (Å²) in [5.74, 6) is -1.48. The number of nitrogens with one attached hydrogen (secondary N) is 1. The third-order valence-electron chi connectivity index (χ3n) is 2.69. The van der Waals surface area contributed by atoms with E-state index in [1.54, 1.807) is 0 Å². The lowest BCUT2D eigenvalue weighted by Crippen LogP contribution is -1.84. The van der Waals surface area contributed by atoms with E-state index in [4.69, 9.17) is 0 Å². The maximum atomic E-state index is 13.5. The van der Waals surface area contributed by atoms with E-state index < -0.39 is 17.5 Å². The van der Waals surface area contributed by atoms with Crippen LogP contribution in [0, 0.1) is 17.5 Å². The van der Waals surface area contributed by atoms with Crippen LogP contribution >= 0.6 is 15.9 Å². The molecule has 0 fully saturated rings. The van der Waals surface area contributed by atoms with Gasteiger partial charge in [0.1, 0.15) is 23.0 Å². The van der Waals surface area contributed by atoms with E-state index in [1.807, 2.05) is 0 Å². The van der Waals surface area contributed by atoms with Gasteiger partial charge in [0.15, 0.2) is 5.82 Å². The maximum Gasteiger partial charge on any atom is 0.153 e. The molecule has 0 atom stereocenters. The van der Waals surface area contributed by atoms with Gasteiger partial charge in [-0.15, -0.1) is 0 Å². The largest absolute Gasteiger partial charge is 0.338 e. The van der Waals surface area contributed by atoms with Gasteiger partial charge in [0.05, 0.1) is 5.52 Å². The first-order chi connectivity index (χ1) is 9.04. The lowest BCUT2D eigenvalue weighted by molar-refractivity contribution is 0.590. The van der Waals surface area contributed by atoms with E-state index in [9.17, 15) is 13.2 Å². The van der Waals surface area contributed by atoms with Crippen LogP contribution < -0.4 is 0 Å². The van der Waals surface area contributed by atoms with E-state index >= 15 is 0 Å². The molecule has 6 heteroatoms. The molecule has 0 spiro atoms. The molecule has 0 aliphatic rings. The smallest absolute Gasteiger partial charge is 0.153 e. The number of hydrogen-bond acceptors (Lipinski definition) is 1. The van der Waals surface area contributed by atoms with Crippen molar-refractivity contribution in [2.45, 2.75) is 0 Å². The molecule has 0 saturated heterocycles. The second-order valence-electron chi connectivity index (χ2n) is 3.99. The molecule has 1 N–H and O–H groups in total. The van der Waals surface area contributed by atoms with Gasteiger partial charge < -0.3 is 4.98 Å². The predicted molar refractivity (Wildman–Crippen MR) is 69.1 cm³/mol. The molecule has 2 aromatic carbocycles. The average Bonchev–Trinajstić information content (AvgIpc) is 2.72. The van der Waals surface area contributed by atoms with Crippen LogP contribution in [0.3, 0.4) is 0 Å². The van der Waals surface area contributed by atoms with Crippen LogP contribution in [0.1, 0.15) is 0 Å². The van der Waals surface area contributed by atoms with E-state index in [1.165, 1.54) is 18.2 Å². The number of hydrogen-bond donors (Lipinski definition) is 1. The molecular formula is C13H6BrF3N2. The molecule has 1 heterocycles. The van der Waals surface area contributed by atoms with Crippen molar-refractivity contribution in [3.05, 3.63) is 52.3 Å². The van der Waals surface area contributed by atoms with Crippen LogP contribution in [0.25, 0.3) is 22.4 Å². The molecule has 1 aromatic heterocycles. The Balaban J connectivity index is 2.23. The number of aromatic amines is 1. The zero-order valence-corrected chi connectivity index (χ0v) is 10.9. The Hall–Kier alpha value is -1.82. The number of nitrogens with zero attached hydrogens (tertiary/aromatic N) is 1. The standard InChI is InChI=1S/C13H6BrF3N2/c14-9-3-6(15)1-2-8(9)13-18-11-5-7(16)4-10(17)12(11)19-13/h1-5H,(H,18,19).